The first-order valence-electron chi connectivity index (χ1n) is 8.09. The number of likely N-dealkylation sites (tertiary alicyclic amines) is 1. The predicted molar refractivity (Wildman–Crippen MR) is 92.7 cm³/mol. The van der Waals surface area contributed by atoms with Crippen LogP contribution in [0.5, 0.6) is 0 Å². The van der Waals surface area contributed by atoms with E-state index in [9.17, 15) is 13.2 Å². The average Bonchev–Trinajstić information content (AvgIpc) is 2.53. The van der Waals surface area contributed by atoms with E-state index in [1.54, 1.807) is 12.1 Å². The summed E-state index contributed by atoms with van der Waals surface area (Å²) in [4.78, 5) is 13.0. The second-order valence-corrected chi connectivity index (χ2v) is 8.19. The lowest BCUT2D eigenvalue weighted by Crippen LogP contribution is -2.44. The highest BCUT2D eigenvalue weighted by Crippen LogP contribution is 2.17. The van der Waals surface area contributed by atoms with Crippen molar-refractivity contribution in [3.8, 4) is 0 Å². The highest BCUT2D eigenvalue weighted by atomic mass is 35.5. The Bertz CT molecular complexity index is 641. The lowest BCUT2D eigenvalue weighted by Gasteiger charge is -2.32. The van der Waals surface area contributed by atoms with Crippen molar-refractivity contribution in [3.63, 3.8) is 0 Å². The summed E-state index contributed by atoms with van der Waals surface area (Å²) in [5.41, 5.74) is 0. The summed E-state index contributed by atoms with van der Waals surface area (Å²) < 4.78 is 27.4. The number of carbonyl (C=O) groups is 1. The van der Waals surface area contributed by atoms with Gasteiger partial charge in [0.2, 0.25) is 10.0 Å². The molecule has 0 atom stereocenters. The molecule has 1 aromatic carbocycles. The molecule has 0 aromatic heterocycles. The number of piperidine rings is 1. The molecule has 6 nitrogen and oxygen atoms in total. The highest BCUT2D eigenvalue weighted by molar-refractivity contribution is 7.89. The molecule has 1 fully saturated rings. The van der Waals surface area contributed by atoms with Gasteiger partial charge in [0.1, 0.15) is 0 Å². The lowest BCUT2D eigenvalue weighted by molar-refractivity contribution is -0.137. The molecule has 2 rings (SSSR count). The topological polar surface area (TPSA) is 86.7 Å². The predicted octanol–water partition coefficient (Wildman–Crippen LogP) is 2.34. The number of carboxylic acid groups (broad SMARTS) is 1. The fraction of sp³-hybridized carbons (Fsp3) is 0.562. The van der Waals surface area contributed by atoms with Gasteiger partial charge in [0.15, 0.2) is 0 Å². The number of halogens is 1. The molecule has 1 saturated heterocycles. The van der Waals surface area contributed by atoms with E-state index < -0.39 is 16.0 Å². The van der Waals surface area contributed by atoms with E-state index in [-0.39, 0.29) is 17.4 Å². The van der Waals surface area contributed by atoms with E-state index in [0.717, 1.165) is 38.9 Å². The lowest BCUT2D eigenvalue weighted by atomic mass is 10.1. The number of hydrogen-bond donors (Lipinski definition) is 2. The van der Waals surface area contributed by atoms with Crippen LogP contribution >= 0.6 is 11.6 Å². The molecule has 0 spiro atoms. The Morgan fingerprint density at radius 1 is 1.21 bits per heavy atom. The zero-order chi connectivity index (χ0) is 17.6. The van der Waals surface area contributed by atoms with Crippen molar-refractivity contribution >= 4 is 27.6 Å². The van der Waals surface area contributed by atoms with Gasteiger partial charge < -0.3 is 10.0 Å². The monoisotopic (exact) mass is 374 g/mol. The smallest absolute Gasteiger partial charge is 0.303 e. The van der Waals surface area contributed by atoms with Gasteiger partial charge in [-0.3, -0.25) is 4.79 Å². The van der Waals surface area contributed by atoms with E-state index >= 15 is 0 Å². The first kappa shape index (κ1) is 19.2. The Kier molecular flexibility index (Phi) is 7.03. The molecular weight excluding hydrogens is 352 g/mol. The van der Waals surface area contributed by atoms with Gasteiger partial charge >= 0.3 is 5.97 Å². The minimum atomic E-state index is -3.52. The summed E-state index contributed by atoms with van der Waals surface area (Å²) in [5.74, 6) is -0.759. The van der Waals surface area contributed by atoms with Gasteiger partial charge in [-0.15, -0.1) is 0 Å². The van der Waals surface area contributed by atoms with Crippen LogP contribution in [0, 0.1) is 0 Å². The number of aliphatic carboxylic acids is 1. The Balaban J connectivity index is 1.76. The summed E-state index contributed by atoms with van der Waals surface area (Å²) in [7, 11) is -3.52. The van der Waals surface area contributed by atoms with Gasteiger partial charge in [-0.05, 0) is 69.6 Å². The minimum absolute atomic E-state index is 0.0686. The molecular formula is C16H23ClN2O4S. The van der Waals surface area contributed by atoms with Crippen LogP contribution in [-0.2, 0) is 14.8 Å². The molecule has 1 heterocycles. The number of benzene rings is 1. The summed E-state index contributed by atoms with van der Waals surface area (Å²) in [5, 5.41) is 9.12. The third-order valence-corrected chi connectivity index (χ3v) is 5.94. The Hall–Kier alpha value is -1.15. The quantitative estimate of drug-likeness (QED) is 0.682. The van der Waals surface area contributed by atoms with Gasteiger partial charge in [0.25, 0.3) is 0 Å². The largest absolute Gasteiger partial charge is 0.481 e. The number of nitrogens with one attached hydrogen (secondary N) is 1. The molecule has 0 aliphatic carbocycles. The molecule has 1 aliphatic heterocycles. The van der Waals surface area contributed by atoms with Crippen molar-refractivity contribution in [3.05, 3.63) is 29.3 Å². The molecule has 2 N–H and O–H groups in total. The van der Waals surface area contributed by atoms with Crippen LogP contribution in [0.3, 0.4) is 0 Å². The van der Waals surface area contributed by atoms with E-state index in [1.165, 1.54) is 12.1 Å². The maximum Gasteiger partial charge on any atom is 0.303 e. The van der Waals surface area contributed by atoms with Crippen molar-refractivity contribution in [2.45, 2.75) is 43.0 Å². The van der Waals surface area contributed by atoms with Gasteiger partial charge in [-0.2, -0.15) is 0 Å². The molecule has 0 radical (unpaired) electrons. The molecule has 0 saturated carbocycles. The molecule has 1 aliphatic rings. The van der Waals surface area contributed by atoms with Crippen molar-refractivity contribution in [2.24, 2.45) is 0 Å². The molecule has 8 heteroatoms. The van der Waals surface area contributed by atoms with E-state index in [2.05, 4.69) is 9.62 Å². The minimum Gasteiger partial charge on any atom is -0.481 e. The van der Waals surface area contributed by atoms with Crippen LogP contribution in [0.25, 0.3) is 0 Å². The Morgan fingerprint density at radius 3 is 2.42 bits per heavy atom. The number of nitrogens with zero attached hydrogens (tertiary/aromatic N) is 1. The van der Waals surface area contributed by atoms with Crippen molar-refractivity contribution < 1.29 is 18.3 Å². The summed E-state index contributed by atoms with van der Waals surface area (Å²) >= 11 is 5.79. The Labute approximate surface area is 147 Å². The molecule has 0 bridgehead atoms. The number of unbranched alkanes of at least 4 members (excludes halogenated alkanes) is 1. The van der Waals surface area contributed by atoms with Crippen molar-refractivity contribution in [2.75, 3.05) is 19.6 Å². The second kappa shape index (κ2) is 8.80. The van der Waals surface area contributed by atoms with Gasteiger partial charge in [0.05, 0.1) is 4.90 Å². The average molecular weight is 375 g/mol. The first-order valence-corrected chi connectivity index (χ1v) is 9.95. The van der Waals surface area contributed by atoms with Gasteiger partial charge in [-0.25, -0.2) is 13.1 Å². The van der Waals surface area contributed by atoms with E-state index in [1.807, 2.05) is 0 Å². The third kappa shape index (κ3) is 6.05. The van der Waals surface area contributed by atoms with Crippen molar-refractivity contribution in [1.29, 1.82) is 0 Å². The third-order valence-electron chi connectivity index (χ3n) is 4.15. The van der Waals surface area contributed by atoms with Crippen LogP contribution in [0.1, 0.15) is 32.1 Å². The molecule has 0 amide bonds. The number of sulfonamides is 1. The van der Waals surface area contributed by atoms with Gasteiger partial charge in [0, 0.05) is 17.5 Å². The maximum absolute atomic E-state index is 12.3. The normalized spacial score (nSPS) is 17.0. The number of rotatable bonds is 8. The highest BCUT2D eigenvalue weighted by Gasteiger charge is 2.24. The van der Waals surface area contributed by atoms with E-state index in [4.69, 9.17) is 16.7 Å². The van der Waals surface area contributed by atoms with Crippen LogP contribution in [-0.4, -0.2) is 50.1 Å². The summed E-state index contributed by atoms with van der Waals surface area (Å²) in [6.07, 6.45) is 3.25. The van der Waals surface area contributed by atoms with Gasteiger partial charge in [-0.1, -0.05) is 11.6 Å². The SMILES string of the molecule is O=C(O)CCCCN1CCC(NS(=O)(=O)c2ccc(Cl)cc2)CC1. The molecule has 24 heavy (non-hydrogen) atoms. The number of carboxylic acids is 1. The number of hydrogen-bond acceptors (Lipinski definition) is 4. The van der Waals surface area contributed by atoms with E-state index in [0.29, 0.717) is 11.4 Å². The molecule has 134 valence electrons. The fourth-order valence-corrected chi connectivity index (χ4v) is 4.22. The zero-order valence-electron chi connectivity index (χ0n) is 13.4. The second-order valence-electron chi connectivity index (χ2n) is 6.04. The fourth-order valence-electron chi connectivity index (χ4n) is 2.79. The summed E-state index contributed by atoms with van der Waals surface area (Å²) in [6, 6.07) is 6.07. The van der Waals surface area contributed by atoms with Crippen LogP contribution in [0.15, 0.2) is 29.2 Å². The first-order chi connectivity index (χ1) is 11.4. The molecule has 1 aromatic rings. The van der Waals surface area contributed by atoms with Crippen LogP contribution in [0.4, 0.5) is 0 Å². The van der Waals surface area contributed by atoms with Crippen LogP contribution < -0.4 is 4.72 Å². The standard InChI is InChI=1S/C16H23ClN2O4S/c17-13-4-6-15(7-5-13)24(22,23)18-14-8-11-19(12-9-14)10-2-1-3-16(20)21/h4-7,14,18H,1-3,8-12H2,(H,20,21). The Morgan fingerprint density at radius 2 is 1.83 bits per heavy atom. The maximum atomic E-state index is 12.3. The zero-order valence-corrected chi connectivity index (χ0v) is 15.0. The molecule has 0 unspecified atom stereocenters. The summed E-state index contributed by atoms with van der Waals surface area (Å²) in [6.45, 7) is 2.51. The van der Waals surface area contributed by atoms with Crippen LogP contribution in [0.2, 0.25) is 5.02 Å². The van der Waals surface area contributed by atoms with Crippen molar-refractivity contribution in [1.82, 2.24) is 9.62 Å².